The molecule has 0 saturated heterocycles. The highest BCUT2D eigenvalue weighted by atomic mass is 16.6. The molecule has 1 aromatic rings. The van der Waals surface area contributed by atoms with Gasteiger partial charge in [-0.15, -0.1) is 0 Å². The lowest BCUT2D eigenvalue weighted by molar-refractivity contribution is -0.142. The zero-order chi connectivity index (χ0) is 13.1. The Morgan fingerprint density at radius 3 is 2.72 bits per heavy atom. The largest absolute Gasteiger partial charge is 0.485 e. The van der Waals surface area contributed by atoms with Crippen LogP contribution in [-0.4, -0.2) is 43.0 Å². The van der Waals surface area contributed by atoms with Gasteiger partial charge in [-0.1, -0.05) is 12.1 Å². The van der Waals surface area contributed by atoms with Crippen LogP contribution in [0.2, 0.25) is 0 Å². The summed E-state index contributed by atoms with van der Waals surface area (Å²) in [5.41, 5.74) is 5.03. The van der Waals surface area contributed by atoms with E-state index in [-0.39, 0.29) is 19.1 Å². The molecule has 0 bridgehead atoms. The average Bonchev–Trinajstić information content (AvgIpc) is 2.36. The lowest BCUT2D eigenvalue weighted by Crippen LogP contribution is -2.47. The van der Waals surface area contributed by atoms with Gasteiger partial charge in [0.05, 0.1) is 6.54 Å². The van der Waals surface area contributed by atoms with Gasteiger partial charge in [0.15, 0.2) is 11.5 Å². The van der Waals surface area contributed by atoms with E-state index in [2.05, 4.69) is 0 Å². The molecule has 0 aliphatic carbocycles. The maximum absolute atomic E-state index is 12.0. The number of fused-ring (bicyclic) bond motifs is 1. The quantitative estimate of drug-likeness (QED) is 0.803. The number of hydrogen-bond acceptors (Lipinski definition) is 4. The molecule has 2 amide bonds. The summed E-state index contributed by atoms with van der Waals surface area (Å²) in [6.07, 6.45) is -0.746. The van der Waals surface area contributed by atoms with Gasteiger partial charge < -0.3 is 20.1 Å². The van der Waals surface area contributed by atoms with Crippen LogP contribution >= 0.6 is 0 Å². The lowest BCUT2D eigenvalue weighted by atomic mass is 10.2. The fraction of sp³-hybridized carbons (Fsp3) is 0.333. The number of benzene rings is 1. The van der Waals surface area contributed by atoms with E-state index in [0.717, 1.165) is 0 Å². The number of nitrogens with two attached hydrogens (primary N) is 1. The molecule has 1 aromatic carbocycles. The van der Waals surface area contributed by atoms with Crippen molar-refractivity contribution in [1.29, 1.82) is 0 Å². The number of rotatable bonds is 3. The van der Waals surface area contributed by atoms with E-state index >= 15 is 0 Å². The number of ether oxygens (including phenoxy) is 2. The highest BCUT2D eigenvalue weighted by Crippen LogP contribution is 2.31. The molecule has 96 valence electrons. The van der Waals surface area contributed by atoms with Crippen molar-refractivity contribution in [2.75, 3.05) is 20.2 Å². The summed E-state index contributed by atoms with van der Waals surface area (Å²) in [6, 6.07) is 7.11. The molecular weight excluding hydrogens is 236 g/mol. The molecule has 2 N–H and O–H groups in total. The third-order valence-electron chi connectivity index (χ3n) is 2.55. The number of para-hydroxylation sites is 2. The maximum Gasteiger partial charge on any atom is 0.267 e. The summed E-state index contributed by atoms with van der Waals surface area (Å²) in [5.74, 6) is 0.236. The molecule has 1 aliphatic rings. The lowest BCUT2D eigenvalue weighted by Gasteiger charge is -2.28. The second-order valence-electron chi connectivity index (χ2n) is 4.02. The fourth-order valence-corrected chi connectivity index (χ4v) is 1.70. The number of nitrogens with zero attached hydrogens (tertiary/aromatic N) is 1. The first kappa shape index (κ1) is 12.2. The molecule has 6 nitrogen and oxygen atoms in total. The smallest absolute Gasteiger partial charge is 0.267 e. The Morgan fingerprint density at radius 1 is 1.39 bits per heavy atom. The van der Waals surface area contributed by atoms with Gasteiger partial charge in [-0.3, -0.25) is 9.59 Å². The minimum Gasteiger partial charge on any atom is -0.485 e. The van der Waals surface area contributed by atoms with Crippen LogP contribution in [0.4, 0.5) is 0 Å². The number of likely N-dealkylation sites (N-methyl/N-ethyl adjacent to an activating group) is 1. The highest BCUT2D eigenvalue weighted by Gasteiger charge is 2.29. The van der Waals surface area contributed by atoms with Crippen molar-refractivity contribution in [3.63, 3.8) is 0 Å². The molecule has 2 rings (SSSR count). The van der Waals surface area contributed by atoms with E-state index in [9.17, 15) is 9.59 Å². The normalized spacial score (nSPS) is 17.1. The van der Waals surface area contributed by atoms with Gasteiger partial charge in [0.2, 0.25) is 12.0 Å². The molecule has 6 heteroatoms. The van der Waals surface area contributed by atoms with Crippen LogP contribution in [0.1, 0.15) is 0 Å². The van der Waals surface area contributed by atoms with Gasteiger partial charge >= 0.3 is 0 Å². The number of amides is 2. The van der Waals surface area contributed by atoms with Crippen molar-refractivity contribution in [2.24, 2.45) is 5.73 Å². The van der Waals surface area contributed by atoms with E-state index in [1.165, 1.54) is 11.9 Å². The first-order valence-corrected chi connectivity index (χ1v) is 5.49. The van der Waals surface area contributed by atoms with Crippen LogP contribution in [-0.2, 0) is 9.59 Å². The molecule has 18 heavy (non-hydrogen) atoms. The Hall–Kier alpha value is -2.24. The van der Waals surface area contributed by atoms with E-state index in [1.54, 1.807) is 18.2 Å². The molecule has 1 heterocycles. The van der Waals surface area contributed by atoms with E-state index in [0.29, 0.717) is 11.5 Å². The predicted octanol–water partition coefficient (Wildman–Crippen LogP) is -0.230. The summed E-state index contributed by atoms with van der Waals surface area (Å²) in [4.78, 5) is 23.9. The summed E-state index contributed by atoms with van der Waals surface area (Å²) in [6.45, 7) is -0.0146. The predicted molar refractivity (Wildman–Crippen MR) is 63.2 cm³/mol. The monoisotopic (exact) mass is 250 g/mol. The van der Waals surface area contributed by atoms with Gasteiger partial charge in [-0.2, -0.15) is 0 Å². The third-order valence-corrected chi connectivity index (χ3v) is 2.55. The van der Waals surface area contributed by atoms with Crippen molar-refractivity contribution >= 4 is 11.8 Å². The highest BCUT2D eigenvalue weighted by molar-refractivity contribution is 5.86. The molecule has 0 radical (unpaired) electrons. The van der Waals surface area contributed by atoms with Crippen molar-refractivity contribution in [3.05, 3.63) is 24.3 Å². The zero-order valence-corrected chi connectivity index (χ0v) is 9.96. The van der Waals surface area contributed by atoms with Crippen LogP contribution in [0.5, 0.6) is 11.5 Å². The molecule has 0 aromatic heterocycles. The summed E-state index contributed by atoms with van der Waals surface area (Å²) in [5, 5.41) is 0. The average molecular weight is 250 g/mol. The number of carbonyl (C=O) groups is 2. The van der Waals surface area contributed by atoms with Gasteiger partial charge in [0.25, 0.3) is 5.91 Å². The van der Waals surface area contributed by atoms with Crippen LogP contribution < -0.4 is 15.2 Å². The van der Waals surface area contributed by atoms with Crippen molar-refractivity contribution < 1.29 is 19.1 Å². The van der Waals surface area contributed by atoms with E-state index < -0.39 is 12.0 Å². The van der Waals surface area contributed by atoms with Crippen molar-refractivity contribution in [1.82, 2.24) is 4.90 Å². The zero-order valence-electron chi connectivity index (χ0n) is 9.96. The molecule has 0 saturated carbocycles. The summed E-state index contributed by atoms with van der Waals surface area (Å²) < 4.78 is 11.0. The Morgan fingerprint density at radius 2 is 2.06 bits per heavy atom. The van der Waals surface area contributed by atoms with Crippen LogP contribution in [0.25, 0.3) is 0 Å². The van der Waals surface area contributed by atoms with Crippen LogP contribution in [0, 0.1) is 0 Å². The van der Waals surface area contributed by atoms with Gasteiger partial charge in [-0.25, -0.2) is 0 Å². The van der Waals surface area contributed by atoms with Gasteiger partial charge in [0, 0.05) is 7.05 Å². The molecular formula is C12H14N2O4. The van der Waals surface area contributed by atoms with Crippen molar-refractivity contribution in [2.45, 2.75) is 6.10 Å². The SMILES string of the molecule is CN(CC(N)=O)C(=O)[C@@H]1COc2ccccc2O1. The van der Waals surface area contributed by atoms with Gasteiger partial charge in [-0.05, 0) is 12.1 Å². The molecule has 0 unspecified atom stereocenters. The number of primary amides is 1. The van der Waals surface area contributed by atoms with Gasteiger partial charge in [0.1, 0.15) is 6.61 Å². The number of hydrogen-bond donors (Lipinski definition) is 1. The van der Waals surface area contributed by atoms with E-state index in [1.807, 2.05) is 6.07 Å². The standard InChI is InChI=1S/C12H14N2O4/c1-14(6-11(13)15)12(16)10-7-17-8-4-2-3-5-9(8)18-10/h2-5,10H,6-7H2,1H3,(H2,13,15)/t10-/m0/s1. The molecule has 1 aliphatic heterocycles. The molecule has 0 fully saturated rings. The molecule has 0 spiro atoms. The maximum atomic E-state index is 12.0. The van der Waals surface area contributed by atoms with Crippen LogP contribution in [0.15, 0.2) is 24.3 Å². The second kappa shape index (κ2) is 4.95. The fourth-order valence-electron chi connectivity index (χ4n) is 1.70. The molecule has 1 atom stereocenters. The number of carbonyl (C=O) groups excluding carboxylic acids is 2. The summed E-state index contributed by atoms with van der Waals surface area (Å²) in [7, 11) is 1.50. The van der Waals surface area contributed by atoms with Crippen molar-refractivity contribution in [3.8, 4) is 11.5 Å². The minimum atomic E-state index is -0.746. The minimum absolute atomic E-state index is 0.124. The first-order chi connectivity index (χ1) is 8.58. The Labute approximate surface area is 104 Å². The van der Waals surface area contributed by atoms with Crippen LogP contribution in [0.3, 0.4) is 0 Å². The first-order valence-electron chi connectivity index (χ1n) is 5.49. The second-order valence-corrected chi connectivity index (χ2v) is 4.02. The topological polar surface area (TPSA) is 81.9 Å². The Balaban J connectivity index is 2.04. The summed E-state index contributed by atoms with van der Waals surface area (Å²) >= 11 is 0. The Bertz CT molecular complexity index is 475. The Kier molecular flexibility index (Phi) is 3.36. The third kappa shape index (κ3) is 2.53. The van der Waals surface area contributed by atoms with E-state index in [4.69, 9.17) is 15.2 Å².